The molecule has 0 aromatic carbocycles. The van der Waals surface area contributed by atoms with Gasteiger partial charge in [0, 0.05) is 0 Å². The van der Waals surface area contributed by atoms with Crippen LogP contribution in [0.1, 0.15) is 117 Å². The van der Waals surface area contributed by atoms with Crippen molar-refractivity contribution < 1.29 is 19.8 Å². The van der Waals surface area contributed by atoms with Crippen LogP contribution in [0.15, 0.2) is 0 Å². The first-order valence-electron chi connectivity index (χ1n) is 11.1. The number of aliphatic carboxylic acids is 2. The van der Waals surface area contributed by atoms with Crippen molar-refractivity contribution in [2.75, 3.05) is 0 Å². The molecule has 6 N–H and O–H groups in total. The molecular formula is C22H44N2O4. The molecule has 6 heteroatoms. The Labute approximate surface area is 171 Å². The fourth-order valence-corrected chi connectivity index (χ4v) is 3.32. The number of rotatable bonds is 19. The van der Waals surface area contributed by atoms with E-state index in [-0.39, 0.29) is 0 Å². The van der Waals surface area contributed by atoms with Gasteiger partial charge in [0.1, 0.15) is 11.1 Å². The molecule has 0 radical (unpaired) electrons. The molecule has 0 unspecified atom stereocenters. The molecule has 0 saturated heterocycles. The third kappa shape index (κ3) is 13.9. The van der Waals surface area contributed by atoms with Gasteiger partial charge in [-0.2, -0.15) is 0 Å². The van der Waals surface area contributed by atoms with E-state index in [9.17, 15) is 9.59 Å². The van der Waals surface area contributed by atoms with Crippen LogP contribution in [0.2, 0.25) is 0 Å². The molecule has 0 heterocycles. The summed E-state index contributed by atoms with van der Waals surface area (Å²) in [5, 5.41) is 17.9. The molecule has 0 aromatic rings. The van der Waals surface area contributed by atoms with Crippen molar-refractivity contribution >= 4 is 11.9 Å². The first-order chi connectivity index (χ1) is 13.1. The van der Waals surface area contributed by atoms with Crippen LogP contribution in [0.5, 0.6) is 0 Å². The zero-order chi connectivity index (χ0) is 21.5. The standard InChI is InChI=1S/C22H44N2O4/c1-21(23,19(25)26)17-15-13-11-9-7-5-3-4-6-8-10-12-14-16-18-22(2,24)20(27)28/h3-18,23-24H2,1-2H3,(H,25,26)(H,27,28)/t21-,22-/m1/s1. The van der Waals surface area contributed by atoms with Crippen LogP contribution in [-0.2, 0) is 9.59 Å². The quantitative estimate of drug-likeness (QED) is 0.230. The average molecular weight is 401 g/mol. The first-order valence-corrected chi connectivity index (χ1v) is 11.1. The smallest absolute Gasteiger partial charge is 0.323 e. The van der Waals surface area contributed by atoms with E-state index in [0.717, 1.165) is 25.7 Å². The van der Waals surface area contributed by atoms with Crippen molar-refractivity contribution in [3.63, 3.8) is 0 Å². The van der Waals surface area contributed by atoms with E-state index in [1.807, 2.05) is 0 Å². The lowest BCUT2D eigenvalue weighted by atomic mass is 9.95. The van der Waals surface area contributed by atoms with Gasteiger partial charge in [0.15, 0.2) is 0 Å². The molecule has 28 heavy (non-hydrogen) atoms. The highest BCUT2D eigenvalue weighted by Crippen LogP contribution is 2.17. The van der Waals surface area contributed by atoms with Crippen LogP contribution in [-0.4, -0.2) is 33.2 Å². The van der Waals surface area contributed by atoms with Crippen LogP contribution in [0.3, 0.4) is 0 Å². The summed E-state index contributed by atoms with van der Waals surface area (Å²) in [6.07, 6.45) is 17.5. The van der Waals surface area contributed by atoms with E-state index in [2.05, 4.69) is 0 Å². The van der Waals surface area contributed by atoms with Gasteiger partial charge in [-0.3, -0.25) is 9.59 Å². The molecule has 2 atom stereocenters. The highest BCUT2D eigenvalue weighted by atomic mass is 16.4. The second-order valence-electron chi connectivity index (χ2n) is 8.89. The van der Waals surface area contributed by atoms with Gasteiger partial charge in [-0.1, -0.05) is 89.9 Å². The Hall–Kier alpha value is -1.14. The Morgan fingerprint density at radius 3 is 0.893 bits per heavy atom. The number of unbranched alkanes of at least 4 members (excludes halogenated alkanes) is 13. The van der Waals surface area contributed by atoms with Crippen molar-refractivity contribution in [2.45, 2.75) is 128 Å². The van der Waals surface area contributed by atoms with Gasteiger partial charge in [0.05, 0.1) is 0 Å². The lowest BCUT2D eigenvalue weighted by molar-refractivity contribution is -0.143. The van der Waals surface area contributed by atoms with Crippen molar-refractivity contribution in [1.29, 1.82) is 0 Å². The Kier molecular flexibility index (Phi) is 14.2. The number of carboxylic acid groups (broad SMARTS) is 2. The van der Waals surface area contributed by atoms with E-state index in [0.29, 0.717) is 12.8 Å². The topological polar surface area (TPSA) is 127 Å². The Bertz CT molecular complexity index is 396. The highest BCUT2D eigenvalue weighted by molar-refractivity contribution is 5.78. The molecule has 0 spiro atoms. The summed E-state index contributed by atoms with van der Waals surface area (Å²) >= 11 is 0. The number of carbonyl (C=O) groups is 2. The number of nitrogens with two attached hydrogens (primary N) is 2. The monoisotopic (exact) mass is 400 g/mol. The van der Waals surface area contributed by atoms with Crippen LogP contribution in [0.4, 0.5) is 0 Å². The maximum absolute atomic E-state index is 10.9. The summed E-state index contributed by atoms with van der Waals surface area (Å²) in [7, 11) is 0. The number of hydrogen-bond acceptors (Lipinski definition) is 4. The van der Waals surface area contributed by atoms with Crippen molar-refractivity contribution in [1.82, 2.24) is 0 Å². The average Bonchev–Trinajstić information content (AvgIpc) is 2.60. The van der Waals surface area contributed by atoms with Gasteiger partial charge in [-0.05, 0) is 26.7 Å². The second kappa shape index (κ2) is 14.8. The summed E-state index contributed by atoms with van der Waals surface area (Å²) in [5.74, 6) is -1.83. The van der Waals surface area contributed by atoms with Crippen LogP contribution >= 0.6 is 0 Å². The van der Waals surface area contributed by atoms with Gasteiger partial charge >= 0.3 is 11.9 Å². The predicted molar refractivity (Wildman–Crippen MR) is 114 cm³/mol. The molecule has 166 valence electrons. The zero-order valence-corrected chi connectivity index (χ0v) is 18.2. The minimum atomic E-state index is -1.08. The van der Waals surface area contributed by atoms with Crippen molar-refractivity contribution in [3.05, 3.63) is 0 Å². The fraction of sp³-hybridized carbons (Fsp3) is 0.909. The molecule has 0 amide bonds. The van der Waals surface area contributed by atoms with Crippen LogP contribution in [0, 0.1) is 0 Å². The van der Waals surface area contributed by atoms with E-state index in [1.54, 1.807) is 13.8 Å². The maximum atomic E-state index is 10.9. The number of carboxylic acids is 2. The van der Waals surface area contributed by atoms with Crippen LogP contribution in [0.25, 0.3) is 0 Å². The molecule has 0 aliphatic carbocycles. The van der Waals surface area contributed by atoms with Gasteiger partial charge in [0.25, 0.3) is 0 Å². The highest BCUT2D eigenvalue weighted by Gasteiger charge is 2.27. The molecule has 0 aromatic heterocycles. The van der Waals surface area contributed by atoms with Gasteiger partial charge in [-0.15, -0.1) is 0 Å². The zero-order valence-electron chi connectivity index (χ0n) is 18.2. The summed E-state index contributed by atoms with van der Waals surface area (Å²) in [6, 6.07) is 0. The molecule has 0 rings (SSSR count). The molecular weight excluding hydrogens is 356 g/mol. The Morgan fingerprint density at radius 2 is 0.714 bits per heavy atom. The SMILES string of the molecule is C[C@@](N)(CCCCCCCCCCCCCCCC[C@@](C)(N)C(=O)O)C(=O)O. The normalized spacial score (nSPS) is 15.7. The third-order valence-corrected chi connectivity index (χ3v) is 5.62. The molecule has 0 saturated carbocycles. The largest absolute Gasteiger partial charge is 0.480 e. The lowest BCUT2D eigenvalue weighted by Gasteiger charge is -2.18. The molecule has 0 bridgehead atoms. The molecule has 0 aliphatic rings. The van der Waals surface area contributed by atoms with Crippen LogP contribution < -0.4 is 11.5 Å². The summed E-state index contributed by atoms with van der Waals surface area (Å²) in [4.78, 5) is 21.8. The lowest BCUT2D eigenvalue weighted by Crippen LogP contribution is -2.44. The Balaban J connectivity index is 3.28. The minimum Gasteiger partial charge on any atom is -0.480 e. The van der Waals surface area contributed by atoms with Crippen molar-refractivity contribution in [3.8, 4) is 0 Å². The third-order valence-electron chi connectivity index (χ3n) is 5.62. The van der Waals surface area contributed by atoms with E-state index >= 15 is 0 Å². The molecule has 6 nitrogen and oxygen atoms in total. The summed E-state index contributed by atoms with van der Waals surface area (Å²) < 4.78 is 0. The van der Waals surface area contributed by atoms with E-state index in [4.69, 9.17) is 21.7 Å². The summed E-state index contributed by atoms with van der Waals surface area (Å²) in [5.41, 5.74) is 9.27. The van der Waals surface area contributed by atoms with Gasteiger partial charge < -0.3 is 21.7 Å². The second-order valence-corrected chi connectivity index (χ2v) is 8.89. The van der Waals surface area contributed by atoms with Gasteiger partial charge in [0.2, 0.25) is 0 Å². The van der Waals surface area contributed by atoms with E-state index < -0.39 is 23.0 Å². The fourth-order valence-electron chi connectivity index (χ4n) is 3.32. The molecule has 0 fully saturated rings. The van der Waals surface area contributed by atoms with Gasteiger partial charge in [-0.25, -0.2) is 0 Å². The predicted octanol–water partition coefficient (Wildman–Crippen LogP) is 4.83. The number of hydrogen-bond donors (Lipinski definition) is 4. The van der Waals surface area contributed by atoms with E-state index in [1.165, 1.54) is 64.2 Å². The minimum absolute atomic E-state index is 0.549. The van der Waals surface area contributed by atoms with Crippen molar-refractivity contribution in [2.24, 2.45) is 11.5 Å². The summed E-state index contributed by atoms with van der Waals surface area (Å²) in [6.45, 7) is 3.18. The Morgan fingerprint density at radius 1 is 0.536 bits per heavy atom. The molecule has 0 aliphatic heterocycles. The first kappa shape index (κ1) is 26.9. The maximum Gasteiger partial charge on any atom is 0.323 e.